The summed E-state index contributed by atoms with van der Waals surface area (Å²) < 4.78 is 21.3. The summed E-state index contributed by atoms with van der Waals surface area (Å²) in [5.74, 6) is -0.682. The Kier molecular flexibility index (Phi) is 7.20. The van der Waals surface area contributed by atoms with Crippen LogP contribution in [0.25, 0.3) is 0 Å². The average Bonchev–Trinajstić information content (AvgIpc) is 2.51. The first-order chi connectivity index (χ1) is 12.1. The lowest BCUT2D eigenvalue weighted by Gasteiger charge is -2.28. The van der Waals surface area contributed by atoms with Crippen molar-refractivity contribution in [3.63, 3.8) is 0 Å². The molecule has 1 aromatic carbocycles. The second-order valence-corrected chi connectivity index (χ2v) is 11.0. The molecule has 1 atom stereocenters. The maximum Gasteiger partial charge on any atom is 0.327 e. The van der Waals surface area contributed by atoms with E-state index in [0.29, 0.717) is 16.7 Å². The van der Waals surface area contributed by atoms with Gasteiger partial charge in [-0.3, -0.25) is 14.2 Å². The minimum atomic E-state index is -3.27. The van der Waals surface area contributed by atoms with Gasteiger partial charge in [-0.05, 0) is 23.0 Å². The van der Waals surface area contributed by atoms with E-state index in [9.17, 15) is 19.3 Å². The summed E-state index contributed by atoms with van der Waals surface area (Å²) in [5.41, 5.74) is 0.919. The molecule has 152 valence electrons. The maximum atomic E-state index is 12.7. The molecule has 1 N–H and O–H groups in total. The molecule has 27 heavy (non-hydrogen) atoms. The van der Waals surface area contributed by atoms with Gasteiger partial charge in [0.05, 0.1) is 6.42 Å². The lowest BCUT2D eigenvalue weighted by Crippen LogP contribution is -2.20. The van der Waals surface area contributed by atoms with E-state index in [0.717, 1.165) is 0 Å². The lowest BCUT2D eigenvalue weighted by molar-refractivity contribution is -0.120. The van der Waals surface area contributed by atoms with Gasteiger partial charge in [0.25, 0.3) is 0 Å². The van der Waals surface area contributed by atoms with Gasteiger partial charge in [-0.25, -0.2) is 0 Å². The van der Waals surface area contributed by atoms with E-state index in [-0.39, 0.29) is 28.8 Å². The SMILES string of the molecule is COP(C)(=O)OCC(=O)CC(=O)c1cc(C(C)(C)C)c(O)c(C(C)(C)C)c1. The molecule has 7 heteroatoms. The fourth-order valence-electron chi connectivity index (χ4n) is 2.51. The highest BCUT2D eigenvalue weighted by molar-refractivity contribution is 7.52. The molecule has 0 amide bonds. The summed E-state index contributed by atoms with van der Waals surface area (Å²) in [6.45, 7) is 12.5. The van der Waals surface area contributed by atoms with Crippen molar-refractivity contribution in [2.24, 2.45) is 0 Å². The van der Waals surface area contributed by atoms with Crippen molar-refractivity contribution < 1.29 is 28.3 Å². The molecule has 1 rings (SSSR count). The van der Waals surface area contributed by atoms with Crippen LogP contribution in [0.1, 0.15) is 69.4 Å². The fraction of sp³-hybridized carbons (Fsp3) is 0.600. The normalized spacial score (nSPS) is 14.7. The number of carbonyl (C=O) groups is 2. The first kappa shape index (κ1) is 23.5. The number of carbonyl (C=O) groups excluding carboxylic acids is 2. The summed E-state index contributed by atoms with van der Waals surface area (Å²) in [6.07, 6.45) is -0.373. The Balaban J connectivity index is 3.17. The Morgan fingerprint density at radius 2 is 1.48 bits per heavy atom. The molecule has 0 spiro atoms. The maximum absolute atomic E-state index is 12.7. The van der Waals surface area contributed by atoms with Crippen LogP contribution in [-0.2, 0) is 29.2 Å². The quantitative estimate of drug-likeness (QED) is 0.410. The van der Waals surface area contributed by atoms with Crippen LogP contribution in [-0.4, -0.2) is 37.1 Å². The van der Waals surface area contributed by atoms with Crippen LogP contribution >= 0.6 is 7.60 Å². The van der Waals surface area contributed by atoms with Gasteiger partial charge >= 0.3 is 7.60 Å². The van der Waals surface area contributed by atoms with Crippen molar-refractivity contribution in [1.29, 1.82) is 0 Å². The van der Waals surface area contributed by atoms with Gasteiger partial charge in [0, 0.05) is 30.5 Å². The van der Waals surface area contributed by atoms with Gasteiger partial charge in [-0.15, -0.1) is 0 Å². The van der Waals surface area contributed by atoms with Crippen LogP contribution < -0.4 is 0 Å². The number of ketones is 2. The Labute approximate surface area is 161 Å². The largest absolute Gasteiger partial charge is 0.507 e. The predicted octanol–water partition coefficient (Wildman–Crippen LogP) is 4.62. The molecule has 0 heterocycles. The van der Waals surface area contributed by atoms with Crippen LogP contribution in [0.5, 0.6) is 5.75 Å². The van der Waals surface area contributed by atoms with Gasteiger partial charge < -0.3 is 14.2 Å². The summed E-state index contributed by atoms with van der Waals surface area (Å²) in [4.78, 5) is 24.7. The van der Waals surface area contributed by atoms with Crippen molar-refractivity contribution in [3.8, 4) is 5.75 Å². The van der Waals surface area contributed by atoms with Gasteiger partial charge in [0.15, 0.2) is 11.6 Å². The molecule has 1 aromatic rings. The monoisotopic (exact) mass is 398 g/mol. The van der Waals surface area contributed by atoms with E-state index in [2.05, 4.69) is 4.52 Å². The first-order valence-corrected chi connectivity index (χ1v) is 10.8. The third-order valence-electron chi connectivity index (χ3n) is 4.20. The Hall–Kier alpha value is -1.49. The number of hydrogen-bond acceptors (Lipinski definition) is 6. The van der Waals surface area contributed by atoms with Gasteiger partial charge in [0.2, 0.25) is 0 Å². The van der Waals surface area contributed by atoms with Crippen LogP contribution in [0.2, 0.25) is 0 Å². The Bertz CT molecular complexity index is 733. The second kappa shape index (κ2) is 8.26. The number of hydrogen-bond donors (Lipinski definition) is 1. The number of benzene rings is 1. The number of phenolic OH excluding ortho intramolecular Hbond substituents is 1. The molecular weight excluding hydrogens is 367 g/mol. The summed E-state index contributed by atoms with van der Waals surface area (Å²) in [5, 5.41) is 10.7. The van der Waals surface area contributed by atoms with E-state index >= 15 is 0 Å². The second-order valence-electron chi connectivity index (χ2n) is 8.79. The van der Waals surface area contributed by atoms with Crippen molar-refractivity contribution in [2.45, 2.75) is 58.8 Å². The molecule has 0 aliphatic rings. The first-order valence-electron chi connectivity index (χ1n) is 8.79. The van der Waals surface area contributed by atoms with E-state index in [1.165, 1.54) is 13.8 Å². The molecule has 0 saturated heterocycles. The van der Waals surface area contributed by atoms with Gasteiger partial charge in [0.1, 0.15) is 12.4 Å². The van der Waals surface area contributed by atoms with Crippen molar-refractivity contribution >= 4 is 19.2 Å². The minimum absolute atomic E-state index is 0.174. The predicted molar refractivity (Wildman–Crippen MR) is 106 cm³/mol. The van der Waals surface area contributed by atoms with E-state index in [1.807, 2.05) is 41.5 Å². The molecule has 0 aliphatic heterocycles. The molecule has 0 bridgehead atoms. The van der Waals surface area contributed by atoms with E-state index in [4.69, 9.17) is 4.52 Å². The van der Waals surface area contributed by atoms with Gasteiger partial charge in [-0.1, -0.05) is 41.5 Å². The van der Waals surface area contributed by atoms with Crippen molar-refractivity contribution in [1.82, 2.24) is 0 Å². The van der Waals surface area contributed by atoms with Crippen molar-refractivity contribution in [3.05, 3.63) is 28.8 Å². The number of rotatable bonds is 7. The highest BCUT2D eigenvalue weighted by atomic mass is 31.2. The lowest BCUT2D eigenvalue weighted by atomic mass is 9.78. The zero-order valence-corrected chi connectivity index (χ0v) is 18.4. The summed E-state index contributed by atoms with van der Waals surface area (Å²) in [7, 11) is -2.04. The van der Waals surface area contributed by atoms with Crippen LogP contribution in [0.15, 0.2) is 12.1 Å². The molecular formula is C20H31O6P. The molecule has 1 unspecified atom stereocenters. The van der Waals surface area contributed by atoms with E-state index in [1.54, 1.807) is 12.1 Å². The van der Waals surface area contributed by atoms with Gasteiger partial charge in [-0.2, -0.15) is 0 Å². The summed E-state index contributed by atoms with van der Waals surface area (Å²) >= 11 is 0. The van der Waals surface area contributed by atoms with Crippen molar-refractivity contribution in [2.75, 3.05) is 20.4 Å². The third kappa shape index (κ3) is 6.56. The molecule has 0 fully saturated rings. The molecule has 0 aromatic heterocycles. The standard InChI is InChI=1S/C20H31O6P/c1-19(2,3)15-9-13(10-16(18(15)23)20(4,5)6)17(22)11-14(21)12-26-27(8,24)25-7/h9-10,23H,11-12H2,1-8H3. The smallest absolute Gasteiger partial charge is 0.327 e. The zero-order chi connectivity index (χ0) is 21.2. The topological polar surface area (TPSA) is 89.9 Å². The highest BCUT2D eigenvalue weighted by Crippen LogP contribution is 2.42. The molecule has 6 nitrogen and oxygen atoms in total. The van der Waals surface area contributed by atoms with Crippen LogP contribution in [0.4, 0.5) is 0 Å². The fourth-order valence-corrected chi connectivity index (χ4v) is 3.00. The van der Waals surface area contributed by atoms with Crippen LogP contribution in [0, 0.1) is 0 Å². The number of aromatic hydroxyl groups is 1. The number of phenols is 1. The third-order valence-corrected chi connectivity index (χ3v) is 5.46. The zero-order valence-electron chi connectivity index (χ0n) is 17.5. The van der Waals surface area contributed by atoms with E-state index < -0.39 is 20.0 Å². The minimum Gasteiger partial charge on any atom is -0.507 e. The molecule has 0 saturated carbocycles. The highest BCUT2D eigenvalue weighted by Gasteiger charge is 2.28. The Morgan fingerprint density at radius 1 is 1.04 bits per heavy atom. The molecule has 0 aliphatic carbocycles. The summed E-state index contributed by atoms with van der Waals surface area (Å²) in [6, 6.07) is 3.28. The Morgan fingerprint density at radius 3 is 1.85 bits per heavy atom. The molecule has 0 radical (unpaired) electrons. The van der Waals surface area contributed by atoms with Crippen LogP contribution in [0.3, 0.4) is 0 Å². The number of Topliss-reactive ketones (excluding diaryl/α,β-unsaturated/α-hetero) is 2. The average molecular weight is 398 g/mol.